The fraction of sp³-hybridized carbons (Fsp3) is 0.889. The second-order valence-electron chi connectivity index (χ2n) is 7.74. The molecule has 0 aromatic heterocycles. The number of rotatable bonds is 6. The zero-order chi connectivity index (χ0) is 17.9. The summed E-state index contributed by atoms with van der Waals surface area (Å²) < 4.78 is 0. The lowest BCUT2D eigenvalue weighted by atomic mass is 9.98. The van der Waals surface area contributed by atoms with Gasteiger partial charge in [-0.3, -0.25) is 9.59 Å². The minimum Gasteiger partial charge on any atom is -0.338 e. The van der Waals surface area contributed by atoms with Crippen LogP contribution in [-0.2, 0) is 9.59 Å². The molecule has 2 saturated heterocycles. The third kappa shape index (κ3) is 4.45. The Labute approximate surface area is 151 Å². The van der Waals surface area contributed by atoms with Gasteiger partial charge in [0.25, 0.3) is 0 Å². The fourth-order valence-electron chi connectivity index (χ4n) is 3.84. The minimum atomic E-state index is -0.277. The van der Waals surface area contributed by atoms with E-state index in [4.69, 9.17) is 0 Å². The Morgan fingerprint density at radius 3 is 2.50 bits per heavy atom. The largest absolute Gasteiger partial charge is 0.338 e. The van der Waals surface area contributed by atoms with Crippen molar-refractivity contribution in [3.63, 3.8) is 0 Å². The van der Waals surface area contributed by atoms with Gasteiger partial charge in [0.15, 0.2) is 0 Å². The molecule has 3 atom stereocenters. The van der Waals surface area contributed by atoms with Gasteiger partial charge in [-0.1, -0.05) is 13.8 Å². The van der Waals surface area contributed by atoms with Gasteiger partial charge in [0.2, 0.25) is 11.8 Å². The molecule has 5 nitrogen and oxygen atoms in total. The molecule has 24 heavy (non-hydrogen) atoms. The number of likely N-dealkylation sites (N-methyl/N-ethyl adjacent to an activating group) is 1. The van der Waals surface area contributed by atoms with Crippen LogP contribution < -0.4 is 0 Å². The predicted octanol–water partition coefficient (Wildman–Crippen LogP) is 1.92. The van der Waals surface area contributed by atoms with Crippen LogP contribution in [0.25, 0.3) is 0 Å². The van der Waals surface area contributed by atoms with Crippen LogP contribution in [0.4, 0.5) is 0 Å². The maximum atomic E-state index is 13.3. The predicted molar refractivity (Wildman–Crippen MR) is 100 cm³/mol. The van der Waals surface area contributed by atoms with Gasteiger partial charge in [-0.25, -0.2) is 0 Å². The first kappa shape index (κ1) is 19.6. The van der Waals surface area contributed by atoms with Gasteiger partial charge in [-0.05, 0) is 45.5 Å². The molecular weight excluding hydrogens is 322 g/mol. The first-order valence-electron chi connectivity index (χ1n) is 9.12. The van der Waals surface area contributed by atoms with Crippen LogP contribution in [0.1, 0.15) is 39.5 Å². The normalized spacial score (nSPS) is 26.5. The lowest BCUT2D eigenvalue weighted by Gasteiger charge is -2.36. The Morgan fingerprint density at radius 1 is 1.29 bits per heavy atom. The van der Waals surface area contributed by atoms with Crippen molar-refractivity contribution in [2.24, 2.45) is 5.92 Å². The van der Waals surface area contributed by atoms with Crippen LogP contribution in [0.15, 0.2) is 0 Å². The van der Waals surface area contributed by atoms with E-state index in [0.29, 0.717) is 23.6 Å². The molecule has 0 unspecified atom stereocenters. The summed E-state index contributed by atoms with van der Waals surface area (Å²) in [4.78, 5) is 31.7. The van der Waals surface area contributed by atoms with E-state index in [-0.39, 0.29) is 17.9 Å². The third-order valence-electron chi connectivity index (χ3n) is 5.23. The van der Waals surface area contributed by atoms with E-state index >= 15 is 0 Å². The summed E-state index contributed by atoms with van der Waals surface area (Å²) in [7, 11) is 4.17. The second kappa shape index (κ2) is 8.56. The fourth-order valence-corrected chi connectivity index (χ4v) is 4.81. The number of hydrogen-bond acceptors (Lipinski definition) is 4. The number of carbonyl (C=O) groups is 2. The molecule has 138 valence electrons. The number of amides is 2. The third-order valence-corrected chi connectivity index (χ3v) is 6.30. The number of nitrogens with zero attached hydrogens (tertiary/aromatic N) is 3. The van der Waals surface area contributed by atoms with E-state index in [0.717, 1.165) is 38.9 Å². The van der Waals surface area contributed by atoms with Crippen molar-refractivity contribution >= 4 is 23.6 Å². The van der Waals surface area contributed by atoms with Crippen molar-refractivity contribution in [1.82, 2.24) is 14.7 Å². The lowest BCUT2D eigenvalue weighted by Crippen LogP contribution is -2.52. The molecule has 0 bridgehead atoms. The van der Waals surface area contributed by atoms with Crippen molar-refractivity contribution in [2.45, 2.75) is 56.9 Å². The molecule has 0 aliphatic carbocycles. The van der Waals surface area contributed by atoms with Crippen LogP contribution in [0.5, 0.6) is 0 Å². The van der Waals surface area contributed by atoms with Gasteiger partial charge >= 0.3 is 0 Å². The molecule has 0 saturated carbocycles. The summed E-state index contributed by atoms with van der Waals surface area (Å²) in [6.45, 7) is 6.56. The monoisotopic (exact) mass is 355 g/mol. The molecule has 2 aliphatic heterocycles. The van der Waals surface area contributed by atoms with Gasteiger partial charge in [0, 0.05) is 37.3 Å². The Balaban J connectivity index is 2.14. The zero-order valence-electron chi connectivity index (χ0n) is 15.8. The Hall–Kier alpha value is -0.750. The average Bonchev–Trinajstić information content (AvgIpc) is 2.97. The zero-order valence-corrected chi connectivity index (χ0v) is 16.6. The highest BCUT2D eigenvalue weighted by Crippen LogP contribution is 2.27. The first-order valence-corrected chi connectivity index (χ1v) is 10.4. The van der Waals surface area contributed by atoms with E-state index in [1.54, 1.807) is 0 Å². The van der Waals surface area contributed by atoms with Gasteiger partial charge in [-0.15, -0.1) is 0 Å². The van der Waals surface area contributed by atoms with Crippen LogP contribution in [0.2, 0.25) is 0 Å². The van der Waals surface area contributed by atoms with Crippen LogP contribution in [-0.4, -0.2) is 83.8 Å². The van der Waals surface area contributed by atoms with Gasteiger partial charge in [-0.2, -0.15) is 11.8 Å². The number of thioether (sulfide) groups is 1. The maximum Gasteiger partial charge on any atom is 0.245 e. The number of likely N-dealkylation sites (tertiary alicyclic amines) is 2. The summed E-state index contributed by atoms with van der Waals surface area (Å²) in [5.74, 6) is 0.713. The molecule has 0 aromatic carbocycles. The molecule has 2 heterocycles. The van der Waals surface area contributed by atoms with E-state index in [1.807, 2.05) is 21.6 Å². The molecule has 0 spiro atoms. The van der Waals surface area contributed by atoms with Crippen molar-refractivity contribution in [2.75, 3.05) is 40.0 Å². The van der Waals surface area contributed by atoms with Crippen molar-refractivity contribution in [3.8, 4) is 0 Å². The molecule has 0 aromatic rings. The summed E-state index contributed by atoms with van der Waals surface area (Å²) in [5.41, 5.74) is 0. The van der Waals surface area contributed by atoms with Gasteiger partial charge in [0.1, 0.15) is 6.04 Å². The minimum absolute atomic E-state index is 0.155. The second-order valence-corrected chi connectivity index (χ2v) is 8.81. The molecule has 0 N–H and O–H groups in total. The Bertz CT molecular complexity index is 456. The topological polar surface area (TPSA) is 43.9 Å². The highest BCUT2D eigenvalue weighted by molar-refractivity contribution is 7.99. The standard InChI is InChI=1S/C18H33N3O2S/c1-13(2)10-14(21-9-7-6-8-17(21)22)18(23)20-11-15(19(3)4)16(12-20)24-5/h13-16H,6-12H2,1-5H3/t14-,15+,16-/m1/s1. The van der Waals surface area contributed by atoms with E-state index in [2.05, 4.69) is 39.1 Å². The molecule has 0 radical (unpaired) electrons. The smallest absolute Gasteiger partial charge is 0.245 e. The average molecular weight is 356 g/mol. The van der Waals surface area contributed by atoms with Crippen LogP contribution in [0, 0.1) is 5.92 Å². The van der Waals surface area contributed by atoms with Crippen LogP contribution >= 0.6 is 11.8 Å². The first-order chi connectivity index (χ1) is 11.3. The van der Waals surface area contributed by atoms with E-state index in [9.17, 15) is 9.59 Å². The lowest BCUT2D eigenvalue weighted by molar-refractivity contribution is -0.147. The molecule has 2 rings (SSSR count). The summed E-state index contributed by atoms with van der Waals surface area (Å²) in [6, 6.07) is 0.113. The summed E-state index contributed by atoms with van der Waals surface area (Å²) in [5, 5.41) is 0.445. The van der Waals surface area contributed by atoms with Gasteiger partial charge < -0.3 is 14.7 Å². The van der Waals surface area contributed by atoms with Crippen LogP contribution in [0.3, 0.4) is 0 Å². The highest BCUT2D eigenvalue weighted by atomic mass is 32.2. The highest BCUT2D eigenvalue weighted by Gasteiger charge is 2.41. The SMILES string of the molecule is CS[C@@H]1CN(C(=O)[C@@H](CC(C)C)N2CCCCC2=O)C[C@@H]1N(C)C. The van der Waals surface area contributed by atoms with E-state index < -0.39 is 0 Å². The number of hydrogen-bond donors (Lipinski definition) is 0. The van der Waals surface area contributed by atoms with Crippen molar-refractivity contribution in [1.29, 1.82) is 0 Å². The maximum absolute atomic E-state index is 13.3. The molecule has 2 fully saturated rings. The van der Waals surface area contributed by atoms with Gasteiger partial charge in [0.05, 0.1) is 0 Å². The molecule has 2 amide bonds. The molecule has 6 heteroatoms. The molecular formula is C18H33N3O2S. The van der Waals surface area contributed by atoms with Crippen molar-refractivity contribution < 1.29 is 9.59 Å². The number of carbonyl (C=O) groups excluding carboxylic acids is 2. The summed E-state index contributed by atoms with van der Waals surface area (Å²) in [6.07, 6.45) is 5.45. The van der Waals surface area contributed by atoms with Crippen molar-refractivity contribution in [3.05, 3.63) is 0 Å². The molecule has 2 aliphatic rings. The summed E-state index contributed by atoms with van der Waals surface area (Å²) >= 11 is 1.84. The number of piperidine rings is 1. The quantitative estimate of drug-likeness (QED) is 0.730. The van der Waals surface area contributed by atoms with E-state index in [1.165, 1.54) is 0 Å². The Kier molecular flexibility index (Phi) is 6.99. The Morgan fingerprint density at radius 2 is 2.00 bits per heavy atom.